The summed E-state index contributed by atoms with van der Waals surface area (Å²) in [6, 6.07) is 9.62. The molecular weight excluding hydrogens is 283 g/mol. The zero-order chi connectivity index (χ0) is 15.3. The Morgan fingerprint density at radius 1 is 1.19 bits per heavy atom. The zero-order valence-corrected chi connectivity index (χ0v) is 11.5. The highest BCUT2D eigenvalue weighted by atomic mass is 19.4. The van der Waals surface area contributed by atoms with E-state index in [2.05, 4.69) is 10.1 Å². The Kier molecular flexibility index (Phi) is 4.77. The third-order valence-corrected chi connectivity index (χ3v) is 2.90. The van der Waals surface area contributed by atoms with Crippen LogP contribution in [0.15, 0.2) is 47.1 Å². The van der Waals surface area contributed by atoms with Crippen molar-refractivity contribution in [2.75, 3.05) is 5.32 Å². The maximum absolute atomic E-state index is 12.0. The van der Waals surface area contributed by atoms with Crippen molar-refractivity contribution in [2.24, 2.45) is 0 Å². The largest absolute Gasteiger partial charge is 0.573 e. The minimum atomic E-state index is -4.66. The maximum Gasteiger partial charge on any atom is 0.573 e. The lowest BCUT2D eigenvalue weighted by Gasteiger charge is -2.15. The van der Waals surface area contributed by atoms with Crippen LogP contribution in [0.3, 0.4) is 0 Å². The SMILES string of the molecule is CC(CCc1ccco1)Nc1ccc(OC(F)(F)F)cc1. The third-order valence-electron chi connectivity index (χ3n) is 2.90. The molecule has 2 aromatic rings. The van der Waals surface area contributed by atoms with Crippen LogP contribution in [0, 0.1) is 0 Å². The van der Waals surface area contributed by atoms with E-state index in [0.29, 0.717) is 0 Å². The van der Waals surface area contributed by atoms with Crippen molar-refractivity contribution in [1.29, 1.82) is 0 Å². The normalized spacial score (nSPS) is 13.0. The summed E-state index contributed by atoms with van der Waals surface area (Å²) in [7, 11) is 0. The van der Waals surface area contributed by atoms with Gasteiger partial charge >= 0.3 is 6.36 Å². The first-order valence-electron chi connectivity index (χ1n) is 6.57. The van der Waals surface area contributed by atoms with Crippen LogP contribution in [-0.2, 0) is 6.42 Å². The van der Waals surface area contributed by atoms with Crippen molar-refractivity contribution in [3.8, 4) is 5.75 Å². The van der Waals surface area contributed by atoms with Crippen LogP contribution in [0.4, 0.5) is 18.9 Å². The van der Waals surface area contributed by atoms with E-state index in [4.69, 9.17) is 4.42 Å². The number of anilines is 1. The quantitative estimate of drug-likeness (QED) is 0.845. The summed E-state index contributed by atoms with van der Waals surface area (Å²) in [5.74, 6) is 0.689. The maximum atomic E-state index is 12.0. The summed E-state index contributed by atoms with van der Waals surface area (Å²) < 4.78 is 45.2. The van der Waals surface area contributed by atoms with Crippen LogP contribution in [0.25, 0.3) is 0 Å². The fourth-order valence-corrected chi connectivity index (χ4v) is 1.92. The first-order valence-corrected chi connectivity index (χ1v) is 6.57. The second kappa shape index (κ2) is 6.56. The monoisotopic (exact) mass is 299 g/mol. The molecule has 2 rings (SSSR count). The predicted octanol–water partition coefficient (Wildman–Crippen LogP) is 4.61. The number of nitrogens with one attached hydrogen (secondary N) is 1. The Hall–Kier alpha value is -2.11. The van der Waals surface area contributed by atoms with Crippen molar-refractivity contribution in [3.05, 3.63) is 48.4 Å². The van der Waals surface area contributed by atoms with E-state index in [0.717, 1.165) is 24.3 Å². The van der Waals surface area contributed by atoms with Gasteiger partial charge in [0.05, 0.1) is 6.26 Å². The molecule has 0 bridgehead atoms. The molecule has 0 aliphatic carbocycles. The number of alkyl halides is 3. The summed E-state index contributed by atoms with van der Waals surface area (Å²) in [6.45, 7) is 2.00. The highest BCUT2D eigenvalue weighted by Gasteiger charge is 2.30. The topological polar surface area (TPSA) is 34.4 Å². The van der Waals surface area contributed by atoms with Crippen molar-refractivity contribution < 1.29 is 22.3 Å². The Morgan fingerprint density at radius 2 is 1.90 bits per heavy atom. The van der Waals surface area contributed by atoms with Crippen molar-refractivity contribution in [2.45, 2.75) is 32.2 Å². The molecule has 0 amide bonds. The number of benzene rings is 1. The van der Waals surface area contributed by atoms with E-state index in [-0.39, 0.29) is 11.8 Å². The number of furan rings is 1. The van der Waals surface area contributed by atoms with E-state index in [1.807, 2.05) is 19.1 Å². The van der Waals surface area contributed by atoms with E-state index in [1.165, 1.54) is 12.1 Å². The molecule has 114 valence electrons. The number of hydrogen-bond acceptors (Lipinski definition) is 3. The van der Waals surface area contributed by atoms with Crippen LogP contribution in [-0.4, -0.2) is 12.4 Å². The van der Waals surface area contributed by atoms with Crippen LogP contribution >= 0.6 is 0 Å². The van der Waals surface area contributed by atoms with Gasteiger partial charge in [0.2, 0.25) is 0 Å². The average molecular weight is 299 g/mol. The van der Waals surface area contributed by atoms with E-state index < -0.39 is 6.36 Å². The van der Waals surface area contributed by atoms with Gasteiger partial charge in [-0.3, -0.25) is 0 Å². The lowest BCUT2D eigenvalue weighted by atomic mass is 10.1. The Labute approximate surface area is 120 Å². The molecule has 0 radical (unpaired) electrons. The summed E-state index contributed by atoms with van der Waals surface area (Å²) >= 11 is 0. The van der Waals surface area contributed by atoms with E-state index in [9.17, 15) is 13.2 Å². The molecule has 0 fully saturated rings. The van der Waals surface area contributed by atoms with Gasteiger partial charge in [0.15, 0.2) is 0 Å². The third kappa shape index (κ3) is 5.41. The molecule has 1 aromatic carbocycles. The smallest absolute Gasteiger partial charge is 0.469 e. The molecule has 0 aliphatic heterocycles. The van der Waals surface area contributed by atoms with Crippen LogP contribution in [0.1, 0.15) is 19.1 Å². The fourth-order valence-electron chi connectivity index (χ4n) is 1.92. The van der Waals surface area contributed by atoms with Gasteiger partial charge in [-0.05, 0) is 49.7 Å². The lowest BCUT2D eigenvalue weighted by Crippen LogP contribution is -2.17. The number of halogens is 3. The summed E-state index contributed by atoms with van der Waals surface area (Å²) in [6.07, 6.45) is -1.37. The van der Waals surface area contributed by atoms with Crippen molar-refractivity contribution in [1.82, 2.24) is 0 Å². The first-order chi connectivity index (χ1) is 9.92. The highest BCUT2D eigenvalue weighted by Crippen LogP contribution is 2.24. The highest BCUT2D eigenvalue weighted by molar-refractivity contribution is 5.47. The minimum absolute atomic E-state index is 0.171. The molecule has 1 heterocycles. The molecule has 21 heavy (non-hydrogen) atoms. The molecule has 1 N–H and O–H groups in total. The Morgan fingerprint density at radius 3 is 2.48 bits per heavy atom. The average Bonchev–Trinajstić information content (AvgIpc) is 2.90. The summed E-state index contributed by atoms with van der Waals surface area (Å²) in [5.41, 5.74) is 0.747. The molecule has 0 saturated heterocycles. The van der Waals surface area contributed by atoms with Gasteiger partial charge in [-0.2, -0.15) is 0 Å². The fraction of sp³-hybridized carbons (Fsp3) is 0.333. The van der Waals surface area contributed by atoms with Gasteiger partial charge in [0.1, 0.15) is 11.5 Å². The van der Waals surface area contributed by atoms with Crippen molar-refractivity contribution >= 4 is 5.69 Å². The van der Waals surface area contributed by atoms with Gasteiger partial charge < -0.3 is 14.5 Å². The van der Waals surface area contributed by atoms with Crippen LogP contribution in [0.5, 0.6) is 5.75 Å². The number of ether oxygens (including phenoxy) is 1. The number of hydrogen-bond donors (Lipinski definition) is 1. The van der Waals surface area contributed by atoms with Crippen LogP contribution < -0.4 is 10.1 Å². The first kappa shape index (κ1) is 15.3. The zero-order valence-electron chi connectivity index (χ0n) is 11.5. The van der Waals surface area contributed by atoms with Gasteiger partial charge in [-0.15, -0.1) is 13.2 Å². The molecule has 1 aromatic heterocycles. The molecule has 3 nitrogen and oxygen atoms in total. The van der Waals surface area contributed by atoms with Crippen molar-refractivity contribution in [3.63, 3.8) is 0 Å². The lowest BCUT2D eigenvalue weighted by molar-refractivity contribution is -0.274. The van der Waals surface area contributed by atoms with E-state index in [1.54, 1.807) is 18.4 Å². The summed E-state index contributed by atoms with van der Waals surface area (Å²) in [4.78, 5) is 0. The molecule has 1 atom stereocenters. The van der Waals surface area contributed by atoms with Gasteiger partial charge in [-0.25, -0.2) is 0 Å². The molecule has 0 aliphatic rings. The second-order valence-corrected chi connectivity index (χ2v) is 4.74. The molecule has 6 heteroatoms. The number of rotatable bonds is 6. The van der Waals surface area contributed by atoms with Gasteiger partial charge in [0, 0.05) is 18.2 Å². The standard InChI is InChI=1S/C15H16F3NO2/c1-11(4-7-13-3-2-10-20-13)19-12-5-8-14(9-6-12)21-15(16,17)18/h2-3,5-6,8-11,19H,4,7H2,1H3. The number of aryl methyl sites for hydroxylation is 1. The van der Waals surface area contributed by atoms with E-state index >= 15 is 0 Å². The van der Waals surface area contributed by atoms with Gasteiger partial charge in [0.25, 0.3) is 0 Å². The van der Waals surface area contributed by atoms with Gasteiger partial charge in [-0.1, -0.05) is 0 Å². The Balaban J connectivity index is 1.82. The predicted molar refractivity (Wildman–Crippen MR) is 73.2 cm³/mol. The molecular formula is C15H16F3NO2. The summed E-state index contributed by atoms with van der Waals surface area (Å²) in [5, 5.41) is 3.22. The van der Waals surface area contributed by atoms with Crippen LogP contribution in [0.2, 0.25) is 0 Å². The minimum Gasteiger partial charge on any atom is -0.469 e. The molecule has 1 unspecified atom stereocenters. The Bertz CT molecular complexity index is 535. The second-order valence-electron chi connectivity index (χ2n) is 4.74. The molecule has 0 saturated carbocycles. The molecule has 0 spiro atoms.